The lowest BCUT2D eigenvalue weighted by molar-refractivity contribution is 0.0642. The summed E-state index contributed by atoms with van der Waals surface area (Å²) < 4.78 is 0. The Hall–Kier alpha value is -0.770. The van der Waals surface area contributed by atoms with Gasteiger partial charge in [-0.15, -0.1) is 0 Å². The molecule has 1 aliphatic heterocycles. The van der Waals surface area contributed by atoms with E-state index in [1.54, 1.807) is 18.2 Å². The fourth-order valence-corrected chi connectivity index (χ4v) is 2.90. The maximum atomic E-state index is 12.7. The SMILES string of the molecule is CCCN(C(=O)c1ccc(Cl)c(Cl)c1)C1CCNCC1. The van der Waals surface area contributed by atoms with Crippen LogP contribution in [-0.2, 0) is 0 Å². The quantitative estimate of drug-likeness (QED) is 0.921. The molecular weight excluding hydrogens is 295 g/mol. The van der Waals surface area contributed by atoms with E-state index in [0.717, 1.165) is 38.9 Å². The highest BCUT2D eigenvalue weighted by molar-refractivity contribution is 6.42. The predicted octanol–water partition coefficient (Wildman–Crippen LogP) is 3.60. The van der Waals surface area contributed by atoms with Gasteiger partial charge in [0.25, 0.3) is 5.91 Å². The predicted molar refractivity (Wildman–Crippen MR) is 83.7 cm³/mol. The van der Waals surface area contributed by atoms with Crippen LogP contribution >= 0.6 is 23.2 Å². The first-order chi connectivity index (χ1) is 9.63. The van der Waals surface area contributed by atoms with Crippen LogP contribution in [0.5, 0.6) is 0 Å². The van der Waals surface area contributed by atoms with Crippen molar-refractivity contribution in [2.24, 2.45) is 0 Å². The molecule has 0 bridgehead atoms. The van der Waals surface area contributed by atoms with Crippen LogP contribution in [0.4, 0.5) is 0 Å². The number of rotatable bonds is 4. The molecule has 0 unspecified atom stereocenters. The van der Waals surface area contributed by atoms with Crippen LogP contribution < -0.4 is 5.32 Å². The minimum absolute atomic E-state index is 0.0531. The summed E-state index contributed by atoms with van der Waals surface area (Å²) >= 11 is 11.9. The molecule has 1 aromatic carbocycles. The summed E-state index contributed by atoms with van der Waals surface area (Å²) in [6.45, 7) is 4.82. The Morgan fingerprint density at radius 2 is 2.00 bits per heavy atom. The molecule has 1 fully saturated rings. The zero-order valence-electron chi connectivity index (χ0n) is 11.7. The molecule has 0 radical (unpaired) electrons. The number of piperidine rings is 1. The molecule has 0 saturated carbocycles. The van der Waals surface area contributed by atoms with E-state index in [2.05, 4.69) is 12.2 Å². The number of hydrogen-bond donors (Lipinski definition) is 1. The van der Waals surface area contributed by atoms with Gasteiger partial charge in [-0.25, -0.2) is 0 Å². The van der Waals surface area contributed by atoms with Crippen LogP contribution in [0.1, 0.15) is 36.5 Å². The van der Waals surface area contributed by atoms with Crippen molar-refractivity contribution in [3.63, 3.8) is 0 Å². The second-order valence-electron chi connectivity index (χ2n) is 5.11. The van der Waals surface area contributed by atoms with Gasteiger partial charge < -0.3 is 10.2 Å². The summed E-state index contributed by atoms with van der Waals surface area (Å²) in [5.41, 5.74) is 0.617. The lowest BCUT2D eigenvalue weighted by atomic mass is 10.0. The highest BCUT2D eigenvalue weighted by Crippen LogP contribution is 2.24. The first kappa shape index (κ1) is 15.6. The molecule has 1 heterocycles. The van der Waals surface area contributed by atoms with Crippen molar-refractivity contribution >= 4 is 29.1 Å². The van der Waals surface area contributed by atoms with Gasteiger partial charge in [-0.2, -0.15) is 0 Å². The third-order valence-electron chi connectivity index (χ3n) is 3.64. The molecule has 1 saturated heterocycles. The van der Waals surface area contributed by atoms with Crippen molar-refractivity contribution < 1.29 is 4.79 Å². The molecule has 0 aliphatic carbocycles. The molecule has 0 spiro atoms. The standard InChI is InChI=1S/C15H20Cl2N2O/c1-2-9-19(12-5-7-18-8-6-12)15(20)11-3-4-13(16)14(17)10-11/h3-4,10,12,18H,2,5-9H2,1H3. The van der Waals surface area contributed by atoms with Gasteiger partial charge >= 0.3 is 0 Å². The van der Waals surface area contributed by atoms with Crippen LogP contribution in [-0.4, -0.2) is 36.5 Å². The van der Waals surface area contributed by atoms with Gasteiger partial charge in [0.15, 0.2) is 0 Å². The lowest BCUT2D eigenvalue weighted by Crippen LogP contribution is -2.46. The second-order valence-corrected chi connectivity index (χ2v) is 5.92. The average Bonchev–Trinajstić information content (AvgIpc) is 2.48. The van der Waals surface area contributed by atoms with E-state index in [0.29, 0.717) is 21.7 Å². The van der Waals surface area contributed by atoms with Gasteiger partial charge in [0.2, 0.25) is 0 Å². The fraction of sp³-hybridized carbons (Fsp3) is 0.533. The van der Waals surface area contributed by atoms with Crippen LogP contribution in [0.25, 0.3) is 0 Å². The van der Waals surface area contributed by atoms with Crippen molar-refractivity contribution in [1.82, 2.24) is 10.2 Å². The molecule has 0 aromatic heterocycles. The molecule has 1 aromatic rings. The van der Waals surface area contributed by atoms with E-state index in [1.807, 2.05) is 4.90 Å². The Morgan fingerprint density at radius 1 is 1.30 bits per heavy atom. The summed E-state index contributed by atoms with van der Waals surface area (Å²) in [6, 6.07) is 5.41. The molecule has 1 amide bonds. The van der Waals surface area contributed by atoms with Crippen LogP contribution in [0, 0.1) is 0 Å². The van der Waals surface area contributed by atoms with Crippen molar-refractivity contribution in [3.05, 3.63) is 33.8 Å². The number of halogens is 2. The van der Waals surface area contributed by atoms with Gasteiger partial charge in [0, 0.05) is 18.2 Å². The molecule has 1 N–H and O–H groups in total. The highest BCUT2D eigenvalue weighted by Gasteiger charge is 2.25. The Morgan fingerprint density at radius 3 is 2.60 bits per heavy atom. The van der Waals surface area contributed by atoms with Gasteiger partial charge in [-0.05, 0) is 50.6 Å². The molecule has 3 nitrogen and oxygen atoms in total. The number of carbonyl (C=O) groups is 1. The van der Waals surface area contributed by atoms with Crippen molar-refractivity contribution in [1.29, 1.82) is 0 Å². The van der Waals surface area contributed by atoms with E-state index in [-0.39, 0.29) is 5.91 Å². The summed E-state index contributed by atoms with van der Waals surface area (Å²) in [5.74, 6) is 0.0531. The molecule has 0 atom stereocenters. The first-order valence-corrected chi connectivity index (χ1v) is 7.85. The molecule has 5 heteroatoms. The summed E-state index contributed by atoms with van der Waals surface area (Å²) in [5, 5.41) is 4.24. The summed E-state index contributed by atoms with van der Waals surface area (Å²) in [7, 11) is 0. The van der Waals surface area contributed by atoms with E-state index in [1.165, 1.54) is 0 Å². The number of benzene rings is 1. The number of nitrogens with zero attached hydrogens (tertiary/aromatic N) is 1. The monoisotopic (exact) mass is 314 g/mol. The average molecular weight is 315 g/mol. The van der Waals surface area contributed by atoms with Gasteiger partial charge in [0.05, 0.1) is 10.0 Å². The fourth-order valence-electron chi connectivity index (χ4n) is 2.60. The zero-order chi connectivity index (χ0) is 14.5. The smallest absolute Gasteiger partial charge is 0.254 e. The van der Waals surface area contributed by atoms with E-state index in [9.17, 15) is 4.79 Å². The maximum Gasteiger partial charge on any atom is 0.254 e. The Kier molecular flexibility index (Phi) is 5.70. The van der Waals surface area contributed by atoms with E-state index < -0.39 is 0 Å². The van der Waals surface area contributed by atoms with Crippen molar-refractivity contribution in [3.8, 4) is 0 Å². The third-order valence-corrected chi connectivity index (χ3v) is 4.38. The minimum Gasteiger partial charge on any atom is -0.336 e. The van der Waals surface area contributed by atoms with Gasteiger partial charge in [-0.3, -0.25) is 4.79 Å². The maximum absolute atomic E-state index is 12.7. The summed E-state index contributed by atoms with van der Waals surface area (Å²) in [6.07, 6.45) is 2.97. The number of carbonyl (C=O) groups excluding carboxylic acids is 1. The molecular formula is C15H20Cl2N2O. The first-order valence-electron chi connectivity index (χ1n) is 7.10. The number of nitrogens with one attached hydrogen (secondary N) is 1. The van der Waals surface area contributed by atoms with Crippen LogP contribution in [0.15, 0.2) is 18.2 Å². The Bertz CT molecular complexity index is 473. The summed E-state index contributed by atoms with van der Waals surface area (Å²) in [4.78, 5) is 14.7. The minimum atomic E-state index is 0.0531. The van der Waals surface area contributed by atoms with Crippen LogP contribution in [0.3, 0.4) is 0 Å². The molecule has 110 valence electrons. The number of hydrogen-bond acceptors (Lipinski definition) is 2. The second kappa shape index (κ2) is 7.30. The number of amides is 1. The molecule has 20 heavy (non-hydrogen) atoms. The van der Waals surface area contributed by atoms with Gasteiger partial charge in [0.1, 0.15) is 0 Å². The molecule has 2 rings (SSSR count). The van der Waals surface area contributed by atoms with Crippen molar-refractivity contribution in [2.75, 3.05) is 19.6 Å². The topological polar surface area (TPSA) is 32.3 Å². The van der Waals surface area contributed by atoms with Crippen LogP contribution in [0.2, 0.25) is 10.0 Å². The van der Waals surface area contributed by atoms with E-state index in [4.69, 9.17) is 23.2 Å². The normalized spacial score (nSPS) is 16.1. The Labute approximate surface area is 130 Å². The van der Waals surface area contributed by atoms with Crippen molar-refractivity contribution in [2.45, 2.75) is 32.2 Å². The highest BCUT2D eigenvalue weighted by atomic mass is 35.5. The molecule has 1 aliphatic rings. The zero-order valence-corrected chi connectivity index (χ0v) is 13.2. The largest absolute Gasteiger partial charge is 0.336 e. The Balaban J connectivity index is 2.18. The lowest BCUT2D eigenvalue weighted by Gasteiger charge is -2.34. The van der Waals surface area contributed by atoms with Gasteiger partial charge in [-0.1, -0.05) is 30.1 Å². The van der Waals surface area contributed by atoms with E-state index >= 15 is 0 Å². The third kappa shape index (κ3) is 3.66.